The highest BCUT2D eigenvalue weighted by molar-refractivity contribution is 6.18. The predicted octanol–water partition coefficient (Wildman–Crippen LogP) is 5.66. The van der Waals surface area contributed by atoms with Crippen LogP contribution < -0.4 is 0 Å². The fourth-order valence-electron chi connectivity index (χ4n) is 1.74. The first kappa shape index (κ1) is 22.9. The van der Waals surface area contributed by atoms with E-state index in [1.807, 2.05) is 0 Å². The zero-order valence-corrected chi connectivity index (χ0v) is 15.7. The minimum absolute atomic E-state index is 0.300. The van der Waals surface area contributed by atoms with E-state index in [1.165, 1.54) is 0 Å². The average Bonchev–Trinajstić information content (AvgIpc) is 2.57. The molecule has 0 amide bonds. The molecular formula is C18H32Cl2O3. The molecule has 0 aromatic carbocycles. The van der Waals surface area contributed by atoms with Crippen LogP contribution in [0.15, 0.2) is 24.3 Å². The van der Waals surface area contributed by atoms with Crippen molar-refractivity contribution < 1.29 is 14.2 Å². The molecule has 0 rings (SSSR count). The molecule has 0 bridgehead atoms. The SMILES string of the molecule is ClCCCC=CCCCOCOCOCCCC=CCCCCl. The van der Waals surface area contributed by atoms with Crippen LogP contribution in [-0.2, 0) is 14.2 Å². The van der Waals surface area contributed by atoms with Crippen molar-refractivity contribution in [3.05, 3.63) is 24.3 Å². The topological polar surface area (TPSA) is 27.7 Å². The highest BCUT2D eigenvalue weighted by Gasteiger charge is 1.90. The van der Waals surface area contributed by atoms with E-state index in [4.69, 9.17) is 37.4 Å². The van der Waals surface area contributed by atoms with Crippen molar-refractivity contribution in [3.8, 4) is 0 Å². The number of rotatable bonds is 18. The Morgan fingerprint density at radius 3 is 1.30 bits per heavy atom. The van der Waals surface area contributed by atoms with Crippen molar-refractivity contribution in [2.75, 3.05) is 38.6 Å². The standard InChI is InChI=1S/C18H32Cl2O3/c19-13-9-5-1-3-7-11-15-21-17-23-18-22-16-12-8-4-2-6-10-14-20/h1-4H,5-18H2. The molecular weight excluding hydrogens is 335 g/mol. The molecule has 0 aromatic rings. The predicted molar refractivity (Wildman–Crippen MR) is 99.4 cm³/mol. The monoisotopic (exact) mass is 366 g/mol. The van der Waals surface area contributed by atoms with Crippen molar-refractivity contribution in [2.24, 2.45) is 0 Å². The summed E-state index contributed by atoms with van der Waals surface area (Å²) in [5.74, 6) is 1.47. The highest BCUT2D eigenvalue weighted by Crippen LogP contribution is 1.99. The van der Waals surface area contributed by atoms with Gasteiger partial charge in [-0.3, -0.25) is 0 Å². The fourth-order valence-corrected chi connectivity index (χ4v) is 2.05. The summed E-state index contributed by atoms with van der Waals surface area (Å²) >= 11 is 11.2. The molecule has 0 heterocycles. The van der Waals surface area contributed by atoms with E-state index in [0.717, 1.165) is 63.1 Å². The largest absolute Gasteiger partial charge is 0.355 e. The number of hydrogen-bond acceptors (Lipinski definition) is 3. The van der Waals surface area contributed by atoms with Crippen molar-refractivity contribution in [1.82, 2.24) is 0 Å². The van der Waals surface area contributed by atoms with Crippen LogP contribution in [-0.4, -0.2) is 38.6 Å². The summed E-state index contributed by atoms with van der Waals surface area (Å²) < 4.78 is 16.0. The number of ether oxygens (including phenoxy) is 3. The van der Waals surface area contributed by atoms with Crippen LogP contribution in [0.4, 0.5) is 0 Å². The van der Waals surface area contributed by atoms with Crippen molar-refractivity contribution in [3.63, 3.8) is 0 Å². The van der Waals surface area contributed by atoms with Gasteiger partial charge in [0.2, 0.25) is 0 Å². The van der Waals surface area contributed by atoms with Gasteiger partial charge in [-0.25, -0.2) is 0 Å². The molecule has 0 unspecified atom stereocenters. The summed E-state index contributed by atoms with van der Waals surface area (Å²) in [5.41, 5.74) is 0. The third-order valence-electron chi connectivity index (χ3n) is 2.99. The van der Waals surface area contributed by atoms with E-state index >= 15 is 0 Å². The van der Waals surface area contributed by atoms with Crippen LogP contribution in [0, 0.1) is 0 Å². The molecule has 5 heteroatoms. The minimum Gasteiger partial charge on any atom is -0.355 e. The second-order valence-electron chi connectivity index (χ2n) is 5.15. The van der Waals surface area contributed by atoms with E-state index in [9.17, 15) is 0 Å². The first-order valence-electron chi connectivity index (χ1n) is 8.57. The summed E-state index contributed by atoms with van der Waals surface area (Å²) in [6, 6.07) is 0. The number of alkyl halides is 2. The Kier molecular flexibility index (Phi) is 21.9. The third-order valence-corrected chi connectivity index (χ3v) is 3.53. The van der Waals surface area contributed by atoms with E-state index in [0.29, 0.717) is 26.8 Å². The molecule has 0 aliphatic carbocycles. The maximum absolute atomic E-state index is 5.60. The van der Waals surface area contributed by atoms with Crippen LogP contribution in [0.2, 0.25) is 0 Å². The van der Waals surface area contributed by atoms with E-state index in [-0.39, 0.29) is 0 Å². The number of halogens is 2. The molecule has 0 atom stereocenters. The molecule has 0 saturated carbocycles. The maximum Gasteiger partial charge on any atom is 0.149 e. The van der Waals surface area contributed by atoms with Gasteiger partial charge in [-0.2, -0.15) is 0 Å². The lowest BCUT2D eigenvalue weighted by molar-refractivity contribution is -0.131. The molecule has 3 nitrogen and oxygen atoms in total. The molecule has 0 fully saturated rings. The molecule has 0 aliphatic heterocycles. The van der Waals surface area contributed by atoms with Gasteiger partial charge in [0.1, 0.15) is 13.6 Å². The van der Waals surface area contributed by atoms with Gasteiger partial charge in [0.15, 0.2) is 0 Å². The van der Waals surface area contributed by atoms with Gasteiger partial charge >= 0.3 is 0 Å². The third kappa shape index (κ3) is 21.9. The Morgan fingerprint density at radius 2 is 0.913 bits per heavy atom. The molecule has 0 radical (unpaired) electrons. The number of allylic oxidation sites excluding steroid dienone is 4. The van der Waals surface area contributed by atoms with Gasteiger partial charge in [0.05, 0.1) is 0 Å². The summed E-state index contributed by atoms with van der Waals surface area (Å²) in [4.78, 5) is 0. The quantitative estimate of drug-likeness (QED) is 0.135. The van der Waals surface area contributed by atoms with Crippen LogP contribution in [0.25, 0.3) is 0 Å². The molecule has 0 spiro atoms. The number of unbranched alkanes of at least 4 members (excludes halogenated alkanes) is 4. The van der Waals surface area contributed by atoms with Gasteiger partial charge in [-0.05, 0) is 51.4 Å². The Balaban J connectivity index is 3.05. The van der Waals surface area contributed by atoms with Crippen molar-refractivity contribution in [1.29, 1.82) is 0 Å². The van der Waals surface area contributed by atoms with Gasteiger partial charge in [0.25, 0.3) is 0 Å². The fraction of sp³-hybridized carbons (Fsp3) is 0.778. The normalized spacial score (nSPS) is 11.9. The average molecular weight is 367 g/mol. The minimum atomic E-state index is 0.300. The Morgan fingerprint density at radius 1 is 0.522 bits per heavy atom. The molecule has 0 N–H and O–H groups in total. The summed E-state index contributed by atoms with van der Waals surface area (Å²) in [5, 5.41) is 0. The lowest BCUT2D eigenvalue weighted by Crippen LogP contribution is -2.06. The van der Waals surface area contributed by atoms with Gasteiger partial charge in [-0.15, -0.1) is 23.2 Å². The molecule has 23 heavy (non-hydrogen) atoms. The van der Waals surface area contributed by atoms with Gasteiger partial charge in [-0.1, -0.05) is 24.3 Å². The smallest absolute Gasteiger partial charge is 0.149 e. The van der Waals surface area contributed by atoms with Crippen molar-refractivity contribution in [2.45, 2.75) is 51.4 Å². The molecule has 0 saturated heterocycles. The van der Waals surface area contributed by atoms with Crippen LogP contribution in [0.1, 0.15) is 51.4 Å². The Hall–Kier alpha value is -0.0600. The first-order valence-corrected chi connectivity index (χ1v) is 9.64. The molecule has 136 valence electrons. The lowest BCUT2D eigenvalue weighted by atomic mass is 10.2. The van der Waals surface area contributed by atoms with Crippen LogP contribution in [0.5, 0.6) is 0 Å². The van der Waals surface area contributed by atoms with Crippen LogP contribution in [0.3, 0.4) is 0 Å². The van der Waals surface area contributed by atoms with E-state index in [1.54, 1.807) is 0 Å². The van der Waals surface area contributed by atoms with E-state index in [2.05, 4.69) is 24.3 Å². The Bertz CT molecular complexity index is 245. The van der Waals surface area contributed by atoms with Crippen molar-refractivity contribution >= 4 is 23.2 Å². The summed E-state index contributed by atoms with van der Waals surface area (Å²) in [6.07, 6.45) is 17.1. The first-order chi connectivity index (χ1) is 11.4. The zero-order chi connectivity index (χ0) is 16.8. The van der Waals surface area contributed by atoms with E-state index < -0.39 is 0 Å². The summed E-state index contributed by atoms with van der Waals surface area (Å²) in [7, 11) is 0. The number of hydrogen-bond donors (Lipinski definition) is 0. The molecule has 0 aromatic heterocycles. The second-order valence-corrected chi connectivity index (χ2v) is 5.90. The summed E-state index contributed by atoms with van der Waals surface area (Å²) in [6.45, 7) is 2.03. The Labute approximate surface area is 152 Å². The highest BCUT2D eigenvalue weighted by atomic mass is 35.5. The van der Waals surface area contributed by atoms with Gasteiger partial charge < -0.3 is 14.2 Å². The molecule has 0 aliphatic rings. The zero-order valence-electron chi connectivity index (χ0n) is 14.2. The van der Waals surface area contributed by atoms with Crippen LogP contribution >= 0.6 is 23.2 Å². The van der Waals surface area contributed by atoms with Gasteiger partial charge in [0, 0.05) is 25.0 Å². The lowest BCUT2D eigenvalue weighted by Gasteiger charge is -2.06. The second kappa shape index (κ2) is 21.9. The maximum atomic E-state index is 5.60.